The van der Waals surface area contributed by atoms with Crippen molar-refractivity contribution in [3.8, 4) is 0 Å². The molecule has 2 atom stereocenters. The zero-order valence-electron chi connectivity index (χ0n) is 13.4. The molecular weight excluding hydrogens is 306 g/mol. The summed E-state index contributed by atoms with van der Waals surface area (Å²) in [7, 11) is 1.64. The average molecular weight is 323 g/mol. The van der Waals surface area contributed by atoms with E-state index in [4.69, 9.17) is 0 Å². The number of nitrogens with one attached hydrogen (secondary N) is 1. The van der Waals surface area contributed by atoms with Crippen molar-refractivity contribution in [1.29, 1.82) is 0 Å². The highest BCUT2D eigenvalue weighted by Gasteiger charge is 2.42. The van der Waals surface area contributed by atoms with E-state index in [9.17, 15) is 9.59 Å². The minimum absolute atomic E-state index is 0.152. The maximum absolute atomic E-state index is 13.2. The first-order valence-electron chi connectivity index (χ1n) is 7.87. The molecule has 0 radical (unpaired) electrons. The van der Waals surface area contributed by atoms with Gasteiger partial charge in [0.05, 0.1) is 6.33 Å². The number of nitrogens with zero attached hydrogens (tertiary/aromatic N) is 4. The van der Waals surface area contributed by atoms with E-state index in [2.05, 4.69) is 22.0 Å². The number of para-hydroxylation sites is 1. The Kier molecular flexibility index (Phi) is 3.23. The third kappa shape index (κ3) is 2.20. The van der Waals surface area contributed by atoms with Gasteiger partial charge in [-0.2, -0.15) is 5.10 Å². The number of carbonyl (C=O) groups is 1. The molecule has 122 valence electrons. The Morgan fingerprint density at radius 3 is 2.71 bits per heavy atom. The molecule has 24 heavy (non-hydrogen) atoms. The van der Waals surface area contributed by atoms with E-state index in [1.165, 1.54) is 11.0 Å². The maximum Gasteiger partial charge on any atom is 0.281 e. The number of hydrogen-bond donors (Lipinski definition) is 1. The number of aromatic nitrogens is 4. The predicted molar refractivity (Wildman–Crippen MR) is 90.0 cm³/mol. The summed E-state index contributed by atoms with van der Waals surface area (Å²) in [6.45, 7) is 2.12. The highest BCUT2D eigenvalue weighted by Crippen LogP contribution is 2.39. The molecule has 0 saturated heterocycles. The standard InChI is InChI=1S/C17H17N5O2/c1-10-8-12(10)22(11-6-4-3-5-7-11)17(24)14-13-15(21(2)20-14)16(23)19-9-18-13/h3-7,9-10,12H,8H2,1-2H3,(H,18,19,23). The van der Waals surface area contributed by atoms with Gasteiger partial charge in [0, 0.05) is 18.8 Å². The Morgan fingerprint density at radius 1 is 1.33 bits per heavy atom. The lowest BCUT2D eigenvalue weighted by atomic mass is 10.2. The van der Waals surface area contributed by atoms with Crippen molar-refractivity contribution in [2.24, 2.45) is 13.0 Å². The number of aryl methyl sites for hydroxylation is 1. The summed E-state index contributed by atoms with van der Waals surface area (Å²) in [4.78, 5) is 33.7. The fourth-order valence-corrected chi connectivity index (χ4v) is 3.08. The Labute approximate surface area is 137 Å². The number of benzene rings is 1. The Balaban J connectivity index is 1.85. The van der Waals surface area contributed by atoms with Gasteiger partial charge < -0.3 is 9.88 Å². The van der Waals surface area contributed by atoms with Crippen LogP contribution in [0.25, 0.3) is 11.0 Å². The predicted octanol–water partition coefficient (Wildman–Crippen LogP) is 1.71. The molecular formula is C17H17N5O2. The van der Waals surface area contributed by atoms with Crippen LogP contribution < -0.4 is 10.5 Å². The highest BCUT2D eigenvalue weighted by molar-refractivity contribution is 6.11. The molecule has 1 N–H and O–H groups in total. The lowest BCUT2D eigenvalue weighted by Gasteiger charge is -2.22. The number of fused-ring (bicyclic) bond motifs is 1. The van der Waals surface area contributed by atoms with Crippen LogP contribution in [0.5, 0.6) is 0 Å². The van der Waals surface area contributed by atoms with E-state index in [0.29, 0.717) is 17.0 Å². The molecule has 1 aromatic carbocycles. The number of anilines is 1. The fraction of sp³-hybridized carbons (Fsp3) is 0.294. The maximum atomic E-state index is 13.2. The molecule has 2 aromatic heterocycles. The van der Waals surface area contributed by atoms with E-state index in [0.717, 1.165) is 12.1 Å². The zero-order chi connectivity index (χ0) is 16.8. The number of rotatable bonds is 3. The fourth-order valence-electron chi connectivity index (χ4n) is 3.08. The molecule has 1 amide bonds. The van der Waals surface area contributed by atoms with Crippen LogP contribution in [-0.2, 0) is 7.05 Å². The largest absolute Gasteiger partial charge is 0.311 e. The highest BCUT2D eigenvalue weighted by atomic mass is 16.2. The molecule has 2 heterocycles. The van der Waals surface area contributed by atoms with Gasteiger partial charge in [0.15, 0.2) is 11.2 Å². The van der Waals surface area contributed by atoms with Crippen molar-refractivity contribution in [3.63, 3.8) is 0 Å². The first-order chi connectivity index (χ1) is 11.6. The van der Waals surface area contributed by atoms with Crippen molar-refractivity contribution in [3.05, 3.63) is 52.7 Å². The van der Waals surface area contributed by atoms with Gasteiger partial charge in [-0.05, 0) is 24.5 Å². The quantitative estimate of drug-likeness (QED) is 0.795. The van der Waals surface area contributed by atoms with E-state index in [1.807, 2.05) is 30.3 Å². The van der Waals surface area contributed by atoms with E-state index >= 15 is 0 Å². The summed E-state index contributed by atoms with van der Waals surface area (Å²) < 4.78 is 1.41. The van der Waals surface area contributed by atoms with Crippen molar-refractivity contribution < 1.29 is 4.79 Å². The van der Waals surface area contributed by atoms with Crippen molar-refractivity contribution in [2.45, 2.75) is 19.4 Å². The number of aromatic amines is 1. The SMILES string of the molecule is CC1CC1N(C(=O)c1nn(C)c2c(=O)[nH]cnc12)c1ccccc1. The number of amides is 1. The normalized spacial score (nSPS) is 19.4. The van der Waals surface area contributed by atoms with Crippen molar-refractivity contribution in [2.75, 3.05) is 4.90 Å². The Hall–Kier alpha value is -2.96. The summed E-state index contributed by atoms with van der Waals surface area (Å²) in [6.07, 6.45) is 2.26. The first-order valence-corrected chi connectivity index (χ1v) is 7.87. The van der Waals surface area contributed by atoms with Crippen LogP contribution in [0.3, 0.4) is 0 Å². The van der Waals surface area contributed by atoms with Gasteiger partial charge in [-0.1, -0.05) is 25.1 Å². The van der Waals surface area contributed by atoms with E-state index in [1.54, 1.807) is 11.9 Å². The van der Waals surface area contributed by atoms with Crippen LogP contribution in [0, 0.1) is 5.92 Å². The minimum atomic E-state index is -0.305. The van der Waals surface area contributed by atoms with Crippen LogP contribution in [0.1, 0.15) is 23.8 Å². The Bertz CT molecular complexity index is 976. The second-order valence-corrected chi connectivity index (χ2v) is 6.19. The molecule has 1 aliphatic carbocycles. The zero-order valence-corrected chi connectivity index (χ0v) is 13.4. The molecule has 1 saturated carbocycles. The van der Waals surface area contributed by atoms with E-state index in [-0.39, 0.29) is 23.2 Å². The lowest BCUT2D eigenvalue weighted by Crippen LogP contribution is -2.34. The monoisotopic (exact) mass is 323 g/mol. The molecule has 2 unspecified atom stereocenters. The summed E-state index contributed by atoms with van der Waals surface area (Å²) in [6, 6.07) is 9.70. The van der Waals surface area contributed by atoms with Crippen LogP contribution in [0.2, 0.25) is 0 Å². The molecule has 7 heteroatoms. The second-order valence-electron chi connectivity index (χ2n) is 6.19. The molecule has 1 aliphatic rings. The molecule has 0 aliphatic heterocycles. The third-order valence-electron chi connectivity index (χ3n) is 4.48. The van der Waals surface area contributed by atoms with Crippen LogP contribution in [0.15, 0.2) is 41.5 Å². The second kappa shape index (κ2) is 5.30. The third-order valence-corrected chi connectivity index (χ3v) is 4.48. The molecule has 1 fully saturated rings. The molecule has 0 bridgehead atoms. The number of hydrogen-bond acceptors (Lipinski definition) is 4. The summed E-state index contributed by atoms with van der Waals surface area (Å²) in [5.74, 6) is 0.222. The molecule has 0 spiro atoms. The molecule has 4 rings (SSSR count). The van der Waals surface area contributed by atoms with Crippen LogP contribution in [-0.4, -0.2) is 31.7 Å². The summed E-state index contributed by atoms with van der Waals surface area (Å²) in [5.41, 5.74) is 1.38. The van der Waals surface area contributed by atoms with Crippen molar-refractivity contribution >= 4 is 22.6 Å². The van der Waals surface area contributed by atoms with Gasteiger partial charge in [0.1, 0.15) is 5.52 Å². The topological polar surface area (TPSA) is 83.9 Å². The number of H-pyrrole nitrogens is 1. The minimum Gasteiger partial charge on any atom is -0.311 e. The van der Waals surface area contributed by atoms with Crippen LogP contribution >= 0.6 is 0 Å². The summed E-state index contributed by atoms with van der Waals surface area (Å²) >= 11 is 0. The molecule has 3 aromatic rings. The van der Waals surface area contributed by atoms with Crippen molar-refractivity contribution in [1.82, 2.24) is 19.7 Å². The summed E-state index contributed by atoms with van der Waals surface area (Å²) in [5, 5.41) is 4.28. The van der Waals surface area contributed by atoms with Gasteiger partial charge in [-0.3, -0.25) is 14.3 Å². The van der Waals surface area contributed by atoms with Gasteiger partial charge in [-0.25, -0.2) is 4.98 Å². The Morgan fingerprint density at radius 2 is 2.04 bits per heavy atom. The lowest BCUT2D eigenvalue weighted by molar-refractivity contribution is 0.0980. The number of carbonyl (C=O) groups excluding carboxylic acids is 1. The van der Waals surface area contributed by atoms with Crippen LogP contribution in [0.4, 0.5) is 5.69 Å². The molecule has 7 nitrogen and oxygen atoms in total. The first kappa shape index (κ1) is 14.6. The smallest absolute Gasteiger partial charge is 0.281 e. The average Bonchev–Trinajstić information content (AvgIpc) is 3.18. The van der Waals surface area contributed by atoms with E-state index < -0.39 is 0 Å². The van der Waals surface area contributed by atoms with Gasteiger partial charge in [0.2, 0.25) is 0 Å². The van der Waals surface area contributed by atoms with Gasteiger partial charge >= 0.3 is 0 Å². The van der Waals surface area contributed by atoms with Gasteiger partial charge in [0.25, 0.3) is 11.5 Å². The van der Waals surface area contributed by atoms with Gasteiger partial charge in [-0.15, -0.1) is 0 Å².